The van der Waals surface area contributed by atoms with Crippen LogP contribution in [0.3, 0.4) is 0 Å². The number of hydrogen-bond acceptors (Lipinski definition) is 5. The number of amides is 1. The van der Waals surface area contributed by atoms with Gasteiger partial charge in [0, 0.05) is 17.3 Å². The molecule has 2 aromatic heterocycles. The lowest BCUT2D eigenvalue weighted by atomic mass is 10.1. The Labute approximate surface area is 155 Å². The molecule has 140 valence electrons. The topological polar surface area (TPSA) is 81.2 Å². The van der Waals surface area contributed by atoms with E-state index in [1.807, 2.05) is 0 Å². The molecular formula is C19H10F3N3O3. The van der Waals surface area contributed by atoms with Gasteiger partial charge in [0.05, 0.1) is 11.8 Å². The van der Waals surface area contributed by atoms with Crippen LogP contribution in [-0.4, -0.2) is 16.1 Å². The lowest BCUT2D eigenvalue weighted by Crippen LogP contribution is -2.14. The van der Waals surface area contributed by atoms with Crippen molar-refractivity contribution in [2.24, 2.45) is 0 Å². The molecule has 0 saturated carbocycles. The number of carbonyl (C=O) groups is 1. The standard InChI is InChI=1S/C19H10F3N3O3/c20-13-9-15(22)14(21)8-12(13)17(26)23-11-4-1-3-10(7-11)18-24-25-19(28-18)16-5-2-6-27-16/h1-9H,(H,23,26). The minimum absolute atomic E-state index is 0.168. The summed E-state index contributed by atoms with van der Waals surface area (Å²) in [6.07, 6.45) is 1.47. The Bertz CT molecular complexity index is 1160. The van der Waals surface area contributed by atoms with E-state index in [0.29, 0.717) is 23.5 Å². The Kier molecular flexibility index (Phi) is 4.40. The first-order chi connectivity index (χ1) is 13.5. The highest BCUT2D eigenvalue weighted by Crippen LogP contribution is 2.26. The van der Waals surface area contributed by atoms with Gasteiger partial charge in [0.15, 0.2) is 17.4 Å². The quantitative estimate of drug-likeness (QED) is 0.517. The van der Waals surface area contributed by atoms with Crippen molar-refractivity contribution in [2.75, 3.05) is 5.32 Å². The van der Waals surface area contributed by atoms with Crippen molar-refractivity contribution in [3.05, 3.63) is 77.8 Å². The molecule has 2 heterocycles. The molecule has 0 fully saturated rings. The maximum absolute atomic E-state index is 13.8. The minimum atomic E-state index is -1.38. The summed E-state index contributed by atoms with van der Waals surface area (Å²) >= 11 is 0. The van der Waals surface area contributed by atoms with Gasteiger partial charge >= 0.3 is 0 Å². The molecule has 0 aliphatic heterocycles. The number of hydrogen-bond donors (Lipinski definition) is 1. The third-order valence-electron chi connectivity index (χ3n) is 3.78. The number of halogens is 3. The summed E-state index contributed by atoms with van der Waals surface area (Å²) < 4.78 is 50.8. The summed E-state index contributed by atoms with van der Waals surface area (Å²) in [4.78, 5) is 12.2. The summed E-state index contributed by atoms with van der Waals surface area (Å²) in [5.74, 6) is -4.06. The van der Waals surface area contributed by atoms with E-state index in [1.54, 1.807) is 24.3 Å². The Balaban J connectivity index is 1.58. The zero-order valence-corrected chi connectivity index (χ0v) is 13.9. The van der Waals surface area contributed by atoms with Gasteiger partial charge in [0.25, 0.3) is 11.8 Å². The smallest absolute Gasteiger partial charge is 0.283 e. The third-order valence-corrected chi connectivity index (χ3v) is 3.78. The first-order valence-electron chi connectivity index (χ1n) is 7.95. The van der Waals surface area contributed by atoms with Gasteiger partial charge in [-0.05, 0) is 36.4 Å². The number of rotatable bonds is 4. The Hall–Kier alpha value is -3.88. The lowest BCUT2D eigenvalue weighted by molar-refractivity contribution is 0.102. The fraction of sp³-hybridized carbons (Fsp3) is 0. The van der Waals surface area contributed by atoms with Gasteiger partial charge in [-0.3, -0.25) is 4.79 Å². The second-order valence-electron chi connectivity index (χ2n) is 5.67. The lowest BCUT2D eigenvalue weighted by Gasteiger charge is -2.07. The van der Waals surface area contributed by atoms with Crippen LogP contribution in [0.25, 0.3) is 23.1 Å². The molecule has 0 spiro atoms. The minimum Gasteiger partial charge on any atom is -0.459 e. The Morgan fingerprint density at radius 1 is 0.893 bits per heavy atom. The van der Waals surface area contributed by atoms with Gasteiger partial charge in [0.2, 0.25) is 5.89 Å². The van der Waals surface area contributed by atoms with Crippen LogP contribution < -0.4 is 5.32 Å². The monoisotopic (exact) mass is 385 g/mol. The normalized spacial score (nSPS) is 10.8. The molecule has 28 heavy (non-hydrogen) atoms. The molecule has 0 atom stereocenters. The highest BCUT2D eigenvalue weighted by Gasteiger charge is 2.17. The molecule has 4 rings (SSSR count). The predicted octanol–water partition coefficient (Wildman–Crippen LogP) is 4.67. The molecule has 0 radical (unpaired) electrons. The highest BCUT2D eigenvalue weighted by atomic mass is 19.2. The summed E-state index contributed by atoms with van der Waals surface area (Å²) in [6.45, 7) is 0. The van der Waals surface area contributed by atoms with Crippen molar-refractivity contribution in [1.29, 1.82) is 0 Å². The highest BCUT2D eigenvalue weighted by molar-refractivity contribution is 6.04. The van der Waals surface area contributed by atoms with Gasteiger partial charge in [-0.25, -0.2) is 13.2 Å². The zero-order valence-electron chi connectivity index (χ0n) is 13.9. The number of anilines is 1. The second-order valence-corrected chi connectivity index (χ2v) is 5.67. The third kappa shape index (κ3) is 3.37. The Morgan fingerprint density at radius 2 is 1.68 bits per heavy atom. The first-order valence-corrected chi connectivity index (χ1v) is 7.95. The van der Waals surface area contributed by atoms with Crippen LogP contribution in [0.15, 0.2) is 63.6 Å². The zero-order chi connectivity index (χ0) is 19.7. The average molecular weight is 385 g/mol. The molecule has 9 heteroatoms. The average Bonchev–Trinajstić information content (AvgIpc) is 3.36. The van der Waals surface area contributed by atoms with Crippen LogP contribution in [0.4, 0.5) is 18.9 Å². The van der Waals surface area contributed by atoms with Gasteiger partial charge in [-0.1, -0.05) is 6.07 Å². The molecule has 0 saturated heterocycles. The van der Waals surface area contributed by atoms with E-state index >= 15 is 0 Å². The summed E-state index contributed by atoms with van der Waals surface area (Å²) in [5, 5.41) is 10.2. The number of furan rings is 1. The second kappa shape index (κ2) is 7.03. The molecule has 0 aliphatic carbocycles. The summed E-state index contributed by atoms with van der Waals surface area (Å²) in [6, 6.07) is 10.4. The van der Waals surface area contributed by atoms with Crippen molar-refractivity contribution >= 4 is 11.6 Å². The van der Waals surface area contributed by atoms with Crippen molar-refractivity contribution in [3.63, 3.8) is 0 Å². The van der Waals surface area contributed by atoms with Gasteiger partial charge in [0.1, 0.15) is 5.82 Å². The van der Waals surface area contributed by atoms with Crippen LogP contribution in [0, 0.1) is 17.5 Å². The van der Waals surface area contributed by atoms with E-state index in [-0.39, 0.29) is 17.5 Å². The van der Waals surface area contributed by atoms with E-state index in [0.717, 1.165) is 0 Å². The number of carbonyl (C=O) groups excluding carboxylic acids is 1. The van der Waals surface area contributed by atoms with E-state index in [1.165, 1.54) is 18.4 Å². The fourth-order valence-electron chi connectivity index (χ4n) is 2.46. The van der Waals surface area contributed by atoms with Crippen LogP contribution in [0.2, 0.25) is 0 Å². The van der Waals surface area contributed by atoms with E-state index < -0.39 is 28.9 Å². The molecule has 0 unspecified atom stereocenters. The molecule has 6 nitrogen and oxygen atoms in total. The molecule has 1 amide bonds. The van der Waals surface area contributed by atoms with Gasteiger partial charge in [-0.2, -0.15) is 0 Å². The summed E-state index contributed by atoms with van der Waals surface area (Å²) in [7, 11) is 0. The SMILES string of the molecule is O=C(Nc1cccc(-c2nnc(-c3ccco3)o2)c1)c1cc(F)c(F)cc1F. The number of nitrogens with zero attached hydrogens (tertiary/aromatic N) is 2. The molecule has 0 aliphatic rings. The van der Waals surface area contributed by atoms with Gasteiger partial charge in [-0.15, -0.1) is 10.2 Å². The van der Waals surface area contributed by atoms with Crippen LogP contribution in [0.5, 0.6) is 0 Å². The van der Waals surface area contributed by atoms with Crippen molar-refractivity contribution < 1.29 is 26.8 Å². The largest absolute Gasteiger partial charge is 0.459 e. The maximum Gasteiger partial charge on any atom is 0.283 e. The van der Waals surface area contributed by atoms with E-state index in [4.69, 9.17) is 8.83 Å². The van der Waals surface area contributed by atoms with Crippen molar-refractivity contribution in [2.45, 2.75) is 0 Å². The fourth-order valence-corrected chi connectivity index (χ4v) is 2.46. The molecular weight excluding hydrogens is 375 g/mol. The predicted molar refractivity (Wildman–Crippen MR) is 91.7 cm³/mol. The van der Waals surface area contributed by atoms with Gasteiger partial charge < -0.3 is 14.2 Å². The number of aromatic nitrogens is 2. The molecule has 1 N–H and O–H groups in total. The van der Waals surface area contributed by atoms with Crippen LogP contribution in [0.1, 0.15) is 10.4 Å². The summed E-state index contributed by atoms with van der Waals surface area (Å²) in [5.41, 5.74) is 0.125. The van der Waals surface area contributed by atoms with E-state index in [2.05, 4.69) is 15.5 Å². The number of nitrogens with one attached hydrogen (secondary N) is 1. The van der Waals surface area contributed by atoms with Crippen LogP contribution >= 0.6 is 0 Å². The van der Waals surface area contributed by atoms with Crippen LogP contribution in [-0.2, 0) is 0 Å². The maximum atomic E-state index is 13.8. The number of benzene rings is 2. The van der Waals surface area contributed by atoms with Crippen molar-refractivity contribution in [3.8, 4) is 23.1 Å². The first kappa shape index (κ1) is 17.5. The Morgan fingerprint density at radius 3 is 2.46 bits per heavy atom. The van der Waals surface area contributed by atoms with Crippen molar-refractivity contribution in [1.82, 2.24) is 10.2 Å². The molecule has 4 aromatic rings. The molecule has 0 bridgehead atoms. The van der Waals surface area contributed by atoms with E-state index in [9.17, 15) is 18.0 Å². The molecule has 2 aromatic carbocycles.